The molecule has 0 bridgehead atoms. The van der Waals surface area contributed by atoms with E-state index in [0.717, 1.165) is 6.42 Å². The van der Waals surface area contributed by atoms with Crippen LogP contribution >= 0.6 is 11.8 Å². The molecule has 0 fully saturated rings. The van der Waals surface area contributed by atoms with Crippen LogP contribution in [0.25, 0.3) is 16.7 Å². The molecule has 3 aromatic rings. The Kier molecular flexibility index (Phi) is 6.29. The van der Waals surface area contributed by atoms with Gasteiger partial charge in [-0.05, 0) is 24.5 Å². The van der Waals surface area contributed by atoms with Crippen molar-refractivity contribution in [3.8, 4) is 0 Å². The van der Waals surface area contributed by atoms with E-state index in [1.54, 1.807) is 21.1 Å². The maximum atomic E-state index is 12.9. The topological polar surface area (TPSA) is 61.4 Å². The molecule has 3 rings (SSSR count). The molecule has 6 nitrogen and oxygen atoms in total. The number of halogens is 3. The first-order valence-corrected chi connectivity index (χ1v) is 9.90. The van der Waals surface area contributed by atoms with E-state index in [-0.39, 0.29) is 17.9 Å². The van der Waals surface area contributed by atoms with Crippen LogP contribution < -0.4 is 5.56 Å². The summed E-state index contributed by atoms with van der Waals surface area (Å²) in [6.45, 7) is 3.34. The van der Waals surface area contributed by atoms with Crippen LogP contribution in [0.4, 0.5) is 13.2 Å². The van der Waals surface area contributed by atoms with Gasteiger partial charge in [0.25, 0.3) is 5.56 Å². The Labute approximate surface area is 163 Å². The number of aryl methyl sites for hydroxylation is 1. The van der Waals surface area contributed by atoms with Gasteiger partial charge in [0, 0.05) is 12.3 Å². The standard InChI is InChI=1S/C18H21F3N4O2S/c1-12(2)7-8-24-15(26)13-5-3-4-6-14(13)25-16(24)22-23-17(25)28-10-9-27-11-18(19,20)21/h3-6,12H,7-11H2,1-2H3. The number of fused-ring (bicyclic) bond motifs is 3. The fourth-order valence-corrected chi connectivity index (χ4v) is 3.59. The van der Waals surface area contributed by atoms with Crippen LogP contribution in [0.3, 0.4) is 0 Å². The molecule has 0 saturated carbocycles. The van der Waals surface area contributed by atoms with Crippen LogP contribution in [0.1, 0.15) is 20.3 Å². The molecule has 0 aliphatic heterocycles. The highest BCUT2D eigenvalue weighted by Gasteiger charge is 2.27. The summed E-state index contributed by atoms with van der Waals surface area (Å²) in [7, 11) is 0. The van der Waals surface area contributed by atoms with Crippen molar-refractivity contribution in [3.05, 3.63) is 34.6 Å². The largest absolute Gasteiger partial charge is 0.411 e. The lowest BCUT2D eigenvalue weighted by atomic mass is 10.1. The number of aromatic nitrogens is 4. The highest BCUT2D eigenvalue weighted by molar-refractivity contribution is 7.99. The van der Waals surface area contributed by atoms with E-state index < -0.39 is 12.8 Å². The van der Waals surface area contributed by atoms with Crippen molar-refractivity contribution >= 4 is 28.4 Å². The van der Waals surface area contributed by atoms with E-state index in [0.29, 0.717) is 34.3 Å². The summed E-state index contributed by atoms with van der Waals surface area (Å²) in [6, 6.07) is 7.18. The van der Waals surface area contributed by atoms with Crippen LogP contribution in [0.5, 0.6) is 0 Å². The highest BCUT2D eigenvalue weighted by Crippen LogP contribution is 2.22. The fraction of sp³-hybridized carbons (Fsp3) is 0.500. The molecule has 0 atom stereocenters. The van der Waals surface area contributed by atoms with Gasteiger partial charge in [-0.15, -0.1) is 10.2 Å². The second kappa shape index (κ2) is 8.52. The van der Waals surface area contributed by atoms with Crippen LogP contribution in [0, 0.1) is 5.92 Å². The fourth-order valence-electron chi connectivity index (χ4n) is 2.80. The minimum absolute atomic E-state index is 0.0655. The number of nitrogens with zero attached hydrogens (tertiary/aromatic N) is 4. The molecule has 152 valence electrons. The number of para-hydroxylation sites is 1. The minimum atomic E-state index is -4.34. The number of thioether (sulfide) groups is 1. The van der Waals surface area contributed by atoms with Crippen LogP contribution in [0.2, 0.25) is 0 Å². The molecular formula is C18H21F3N4O2S. The first-order valence-electron chi connectivity index (χ1n) is 8.92. The summed E-state index contributed by atoms with van der Waals surface area (Å²) < 4.78 is 44.5. The molecule has 2 aromatic heterocycles. The Morgan fingerprint density at radius 1 is 1.21 bits per heavy atom. The van der Waals surface area contributed by atoms with E-state index in [4.69, 9.17) is 0 Å². The molecule has 0 N–H and O–H groups in total. The van der Waals surface area contributed by atoms with Gasteiger partial charge in [0.05, 0.1) is 17.5 Å². The third kappa shape index (κ3) is 4.67. The van der Waals surface area contributed by atoms with Crippen molar-refractivity contribution in [2.45, 2.75) is 38.1 Å². The zero-order valence-corrected chi connectivity index (χ0v) is 16.4. The molecule has 10 heteroatoms. The average Bonchev–Trinajstić information content (AvgIpc) is 3.04. The Bertz CT molecular complexity index is 1010. The van der Waals surface area contributed by atoms with E-state index >= 15 is 0 Å². The summed E-state index contributed by atoms with van der Waals surface area (Å²) in [5, 5.41) is 9.40. The Morgan fingerprint density at radius 3 is 2.68 bits per heavy atom. The summed E-state index contributed by atoms with van der Waals surface area (Å²) in [4.78, 5) is 12.9. The van der Waals surface area contributed by atoms with Crippen LogP contribution in [-0.4, -0.2) is 44.3 Å². The zero-order chi connectivity index (χ0) is 20.3. The number of alkyl halides is 3. The van der Waals surface area contributed by atoms with E-state index in [1.807, 2.05) is 12.1 Å². The van der Waals surface area contributed by atoms with Crippen molar-refractivity contribution in [3.63, 3.8) is 0 Å². The van der Waals surface area contributed by atoms with Gasteiger partial charge in [0.2, 0.25) is 5.78 Å². The van der Waals surface area contributed by atoms with Crippen molar-refractivity contribution in [2.24, 2.45) is 5.92 Å². The van der Waals surface area contributed by atoms with Crippen molar-refractivity contribution < 1.29 is 17.9 Å². The van der Waals surface area contributed by atoms with Gasteiger partial charge in [-0.2, -0.15) is 13.2 Å². The van der Waals surface area contributed by atoms with Gasteiger partial charge in [0.1, 0.15) is 6.61 Å². The van der Waals surface area contributed by atoms with E-state index in [1.165, 1.54) is 11.8 Å². The third-order valence-corrected chi connectivity index (χ3v) is 5.03. The minimum Gasteiger partial charge on any atom is -0.371 e. The molecule has 0 aliphatic rings. The lowest BCUT2D eigenvalue weighted by Gasteiger charge is -2.12. The quantitative estimate of drug-likeness (QED) is 0.415. The highest BCUT2D eigenvalue weighted by atomic mass is 32.2. The second-order valence-corrected chi connectivity index (χ2v) is 7.85. The van der Waals surface area contributed by atoms with Gasteiger partial charge in [0.15, 0.2) is 5.16 Å². The monoisotopic (exact) mass is 414 g/mol. The summed E-state index contributed by atoms with van der Waals surface area (Å²) in [6.07, 6.45) is -3.52. The van der Waals surface area contributed by atoms with Crippen LogP contribution in [0.15, 0.2) is 34.2 Å². The first-order chi connectivity index (χ1) is 13.3. The summed E-state index contributed by atoms with van der Waals surface area (Å²) in [5.74, 6) is 1.14. The smallest absolute Gasteiger partial charge is 0.371 e. The number of hydrogen-bond donors (Lipinski definition) is 0. The Hall–Kier alpha value is -2.07. The molecular weight excluding hydrogens is 393 g/mol. The van der Waals surface area contributed by atoms with Crippen molar-refractivity contribution in [1.82, 2.24) is 19.2 Å². The third-order valence-electron chi connectivity index (χ3n) is 4.13. The maximum absolute atomic E-state index is 12.9. The summed E-state index contributed by atoms with van der Waals surface area (Å²) in [5.41, 5.74) is 0.549. The second-order valence-electron chi connectivity index (χ2n) is 6.79. The molecule has 1 aromatic carbocycles. The zero-order valence-electron chi connectivity index (χ0n) is 15.6. The number of ether oxygens (including phenoxy) is 1. The average molecular weight is 414 g/mol. The lowest BCUT2D eigenvalue weighted by Crippen LogP contribution is -2.24. The maximum Gasteiger partial charge on any atom is 0.411 e. The van der Waals surface area contributed by atoms with Crippen LogP contribution in [-0.2, 0) is 11.3 Å². The van der Waals surface area contributed by atoms with E-state index in [2.05, 4.69) is 28.8 Å². The molecule has 0 unspecified atom stereocenters. The van der Waals surface area contributed by atoms with Gasteiger partial charge >= 0.3 is 6.18 Å². The number of hydrogen-bond acceptors (Lipinski definition) is 5. The van der Waals surface area contributed by atoms with Gasteiger partial charge in [-0.25, -0.2) is 0 Å². The Balaban J connectivity index is 1.91. The molecule has 0 saturated heterocycles. The molecule has 2 heterocycles. The number of benzene rings is 1. The first kappa shape index (κ1) is 20.7. The summed E-state index contributed by atoms with van der Waals surface area (Å²) >= 11 is 1.24. The normalized spacial score (nSPS) is 12.5. The predicted molar refractivity (Wildman–Crippen MR) is 102 cm³/mol. The van der Waals surface area contributed by atoms with Crippen molar-refractivity contribution in [1.29, 1.82) is 0 Å². The van der Waals surface area contributed by atoms with Gasteiger partial charge < -0.3 is 4.74 Å². The molecule has 0 radical (unpaired) electrons. The van der Waals surface area contributed by atoms with E-state index in [9.17, 15) is 18.0 Å². The number of rotatable bonds is 8. The van der Waals surface area contributed by atoms with Gasteiger partial charge in [-0.1, -0.05) is 37.7 Å². The molecule has 0 spiro atoms. The molecule has 28 heavy (non-hydrogen) atoms. The Morgan fingerprint density at radius 2 is 1.96 bits per heavy atom. The van der Waals surface area contributed by atoms with Crippen molar-refractivity contribution in [2.75, 3.05) is 19.0 Å². The predicted octanol–water partition coefficient (Wildman–Crippen LogP) is 3.76. The molecule has 0 aliphatic carbocycles. The van der Waals surface area contributed by atoms with Gasteiger partial charge in [-0.3, -0.25) is 13.8 Å². The SMILES string of the molecule is CC(C)CCn1c(=O)c2ccccc2n2c(SCCOCC(F)(F)F)nnc12. The lowest BCUT2D eigenvalue weighted by molar-refractivity contribution is -0.172. The molecule has 0 amide bonds.